The fourth-order valence-electron chi connectivity index (χ4n) is 7.91. The van der Waals surface area contributed by atoms with Gasteiger partial charge < -0.3 is 28.5 Å². The van der Waals surface area contributed by atoms with Gasteiger partial charge in [0.25, 0.3) is 6.29 Å². The monoisotopic (exact) mass is 933 g/mol. The highest BCUT2D eigenvalue weighted by atomic mass is 16.7. The largest absolute Gasteiger partial charge is 0.477 e. The molecule has 0 aliphatic heterocycles. The molecule has 0 rings (SSSR count). The highest BCUT2D eigenvalue weighted by Gasteiger charge is 2.25. The van der Waals surface area contributed by atoms with Crippen LogP contribution in [-0.4, -0.2) is 87.4 Å². The molecule has 0 amide bonds. The average molecular weight is 933 g/mol. The molecule has 0 aliphatic rings. The van der Waals surface area contributed by atoms with E-state index < -0.39 is 24.3 Å². The summed E-state index contributed by atoms with van der Waals surface area (Å²) in [6.07, 6.45) is 55.3. The molecular weight excluding hydrogens is 827 g/mol. The Morgan fingerprint density at radius 2 is 0.864 bits per heavy atom. The Bertz CT molecular complexity index is 1180. The first-order valence-corrected chi connectivity index (χ1v) is 27.7. The molecular formula is C57H106NO8+. The van der Waals surface area contributed by atoms with E-state index in [1.807, 2.05) is 21.1 Å². The van der Waals surface area contributed by atoms with Crippen LogP contribution in [0.1, 0.15) is 251 Å². The third-order valence-corrected chi connectivity index (χ3v) is 12.2. The van der Waals surface area contributed by atoms with Crippen molar-refractivity contribution < 1.29 is 42.9 Å². The van der Waals surface area contributed by atoms with Gasteiger partial charge in [0.05, 0.1) is 34.4 Å². The number of nitrogens with zero attached hydrogens (tertiary/aromatic N) is 1. The van der Waals surface area contributed by atoms with Crippen molar-refractivity contribution in [2.75, 3.05) is 47.5 Å². The highest BCUT2D eigenvalue weighted by molar-refractivity contribution is 5.71. The number of ether oxygens (including phenoxy) is 4. The number of carboxylic acids is 1. The Morgan fingerprint density at radius 3 is 1.29 bits per heavy atom. The Kier molecular flexibility index (Phi) is 47.1. The normalized spacial score (nSPS) is 13.0. The molecule has 386 valence electrons. The molecule has 9 heteroatoms. The number of unbranched alkanes of at least 4 members (excludes halogenated alkanes) is 30. The number of allylic oxidation sites excluding steroid dienone is 6. The molecule has 1 N–H and O–H groups in total. The highest BCUT2D eigenvalue weighted by Crippen LogP contribution is 2.17. The van der Waals surface area contributed by atoms with Crippen LogP contribution in [0.15, 0.2) is 36.5 Å². The minimum atomic E-state index is -1.52. The van der Waals surface area contributed by atoms with Gasteiger partial charge in [-0.15, -0.1) is 0 Å². The van der Waals surface area contributed by atoms with Gasteiger partial charge in [0.1, 0.15) is 13.2 Å². The molecule has 2 unspecified atom stereocenters. The molecule has 0 heterocycles. The van der Waals surface area contributed by atoms with E-state index in [1.54, 1.807) is 0 Å². The number of likely N-dealkylation sites (N-methyl/N-ethyl adjacent to an activating group) is 1. The number of hydrogen-bond donors (Lipinski definition) is 1. The minimum Gasteiger partial charge on any atom is -0.477 e. The standard InChI is InChI=1S/C57H105NO8/c1-6-8-10-12-14-16-18-20-21-22-23-24-25-26-27-28-29-30-31-32-33-34-36-37-39-41-43-45-47-54(59)64-51-53(52-65-57(56(61)62)63-50-49-58(3,4)5)66-55(60)48-46-44-42-40-38-35-19-17-15-13-11-9-7-2/h9,11,15,17,35,38,53,57H,6-8,10,12-14,16,18-34,36-37,39-52H2,1-5H3/p+1/b11-9-,17-15-,38-35-. The van der Waals surface area contributed by atoms with Crippen molar-refractivity contribution >= 4 is 17.9 Å². The summed E-state index contributed by atoms with van der Waals surface area (Å²) in [4.78, 5) is 37.2. The molecule has 0 saturated heterocycles. The molecule has 0 aromatic heterocycles. The topological polar surface area (TPSA) is 108 Å². The molecule has 0 fully saturated rings. The molecule has 0 spiro atoms. The summed E-state index contributed by atoms with van der Waals surface area (Å²) in [5, 5.41) is 9.66. The summed E-state index contributed by atoms with van der Waals surface area (Å²) in [6, 6.07) is 0. The third kappa shape index (κ3) is 49.4. The molecule has 0 aromatic rings. The van der Waals surface area contributed by atoms with Crippen molar-refractivity contribution in [3.63, 3.8) is 0 Å². The maximum absolute atomic E-state index is 12.8. The summed E-state index contributed by atoms with van der Waals surface area (Å²) in [5.41, 5.74) is 0. The molecule has 2 atom stereocenters. The predicted molar refractivity (Wildman–Crippen MR) is 277 cm³/mol. The number of carbonyl (C=O) groups excluding carboxylic acids is 2. The van der Waals surface area contributed by atoms with Crippen LogP contribution in [0.3, 0.4) is 0 Å². The van der Waals surface area contributed by atoms with Crippen molar-refractivity contribution in [2.24, 2.45) is 0 Å². The van der Waals surface area contributed by atoms with Crippen LogP contribution in [0, 0.1) is 0 Å². The number of carbonyl (C=O) groups is 3. The Hall–Kier alpha value is -2.49. The van der Waals surface area contributed by atoms with Gasteiger partial charge in [-0.2, -0.15) is 0 Å². The van der Waals surface area contributed by atoms with Crippen molar-refractivity contribution in [3.05, 3.63) is 36.5 Å². The second-order valence-electron chi connectivity index (χ2n) is 19.9. The van der Waals surface area contributed by atoms with Crippen molar-refractivity contribution in [3.8, 4) is 0 Å². The second kappa shape index (κ2) is 48.9. The first-order valence-electron chi connectivity index (χ1n) is 27.7. The maximum atomic E-state index is 12.8. The van der Waals surface area contributed by atoms with Gasteiger partial charge in [-0.05, 0) is 44.9 Å². The van der Waals surface area contributed by atoms with E-state index >= 15 is 0 Å². The van der Waals surface area contributed by atoms with Crippen LogP contribution in [0.25, 0.3) is 0 Å². The average Bonchev–Trinajstić information content (AvgIpc) is 3.28. The van der Waals surface area contributed by atoms with Gasteiger partial charge in [-0.1, -0.05) is 230 Å². The van der Waals surface area contributed by atoms with E-state index in [2.05, 4.69) is 50.3 Å². The smallest absolute Gasteiger partial charge is 0.361 e. The zero-order chi connectivity index (χ0) is 48.4. The van der Waals surface area contributed by atoms with E-state index in [4.69, 9.17) is 18.9 Å². The Labute approximate surface area is 407 Å². The van der Waals surface area contributed by atoms with Gasteiger partial charge in [-0.25, -0.2) is 4.79 Å². The number of hydrogen-bond acceptors (Lipinski definition) is 7. The van der Waals surface area contributed by atoms with E-state index in [0.29, 0.717) is 23.9 Å². The lowest BCUT2D eigenvalue weighted by atomic mass is 10.0. The molecule has 0 aliphatic carbocycles. The summed E-state index contributed by atoms with van der Waals surface area (Å²) in [5.74, 6) is -2.04. The third-order valence-electron chi connectivity index (χ3n) is 12.2. The van der Waals surface area contributed by atoms with Crippen molar-refractivity contribution in [1.82, 2.24) is 0 Å². The van der Waals surface area contributed by atoms with Crippen LogP contribution in [-0.2, 0) is 33.3 Å². The van der Waals surface area contributed by atoms with Gasteiger partial charge >= 0.3 is 17.9 Å². The van der Waals surface area contributed by atoms with E-state index in [1.165, 1.54) is 161 Å². The molecule has 9 nitrogen and oxygen atoms in total. The summed E-state index contributed by atoms with van der Waals surface area (Å²) >= 11 is 0. The van der Waals surface area contributed by atoms with E-state index in [0.717, 1.165) is 57.8 Å². The summed E-state index contributed by atoms with van der Waals surface area (Å²) < 4.78 is 22.8. The fourth-order valence-corrected chi connectivity index (χ4v) is 7.91. The molecule has 0 radical (unpaired) electrons. The number of rotatable bonds is 51. The van der Waals surface area contributed by atoms with Crippen LogP contribution < -0.4 is 0 Å². The first kappa shape index (κ1) is 63.5. The zero-order valence-corrected chi connectivity index (χ0v) is 43.9. The Balaban J connectivity index is 4.12. The number of aliphatic carboxylic acids is 1. The minimum absolute atomic E-state index is 0.183. The second-order valence-corrected chi connectivity index (χ2v) is 19.9. The van der Waals surface area contributed by atoms with Crippen LogP contribution in [0.5, 0.6) is 0 Å². The lowest BCUT2D eigenvalue weighted by Crippen LogP contribution is -2.40. The number of carboxylic acid groups (broad SMARTS) is 1. The molecule has 66 heavy (non-hydrogen) atoms. The lowest BCUT2D eigenvalue weighted by molar-refractivity contribution is -0.870. The van der Waals surface area contributed by atoms with Crippen LogP contribution in [0.4, 0.5) is 0 Å². The number of esters is 2. The van der Waals surface area contributed by atoms with Crippen molar-refractivity contribution in [1.29, 1.82) is 0 Å². The Morgan fingerprint density at radius 1 is 0.470 bits per heavy atom. The molecule has 0 saturated carbocycles. The van der Waals surface area contributed by atoms with Gasteiger partial charge in [-0.3, -0.25) is 9.59 Å². The first-order chi connectivity index (χ1) is 32.1. The quantitative estimate of drug-likeness (QED) is 0.0211. The fraction of sp³-hybridized carbons (Fsp3) is 0.842. The van der Waals surface area contributed by atoms with Gasteiger partial charge in [0, 0.05) is 12.8 Å². The van der Waals surface area contributed by atoms with Crippen LogP contribution >= 0.6 is 0 Å². The van der Waals surface area contributed by atoms with Crippen LogP contribution in [0.2, 0.25) is 0 Å². The van der Waals surface area contributed by atoms with Gasteiger partial charge in [0.15, 0.2) is 6.10 Å². The van der Waals surface area contributed by atoms with Gasteiger partial charge in [0.2, 0.25) is 0 Å². The molecule has 0 aromatic carbocycles. The van der Waals surface area contributed by atoms with E-state index in [-0.39, 0.29) is 32.2 Å². The lowest BCUT2D eigenvalue weighted by Gasteiger charge is -2.25. The maximum Gasteiger partial charge on any atom is 0.361 e. The number of quaternary nitrogens is 1. The molecule has 0 bridgehead atoms. The summed E-state index contributed by atoms with van der Waals surface area (Å²) in [6.45, 7) is 4.75. The zero-order valence-electron chi connectivity index (χ0n) is 43.9. The predicted octanol–water partition coefficient (Wildman–Crippen LogP) is 15.7. The van der Waals surface area contributed by atoms with Crippen molar-refractivity contribution in [2.45, 2.75) is 264 Å². The SMILES string of the molecule is CC/C=C\C/C=C\C/C=C\CCCCCC(=O)OC(COC(=O)CCCCCCCCCCCCCCCCCCCCCCCCCCCCCC)COC(OCC[N+](C)(C)C)C(=O)O. The van der Waals surface area contributed by atoms with E-state index in [9.17, 15) is 19.5 Å². The summed E-state index contributed by atoms with van der Waals surface area (Å²) in [7, 11) is 5.95.